The van der Waals surface area contributed by atoms with Gasteiger partial charge >= 0.3 is 0 Å². The van der Waals surface area contributed by atoms with E-state index in [1.54, 1.807) is 0 Å². The number of benzene rings is 8. The first kappa shape index (κ1) is 27.6. The van der Waals surface area contributed by atoms with Crippen LogP contribution in [0.25, 0.3) is 80.4 Å². The molecule has 0 aliphatic heterocycles. The van der Waals surface area contributed by atoms with E-state index in [1.807, 2.05) is 23.5 Å². The van der Waals surface area contributed by atoms with Crippen molar-refractivity contribution >= 4 is 103 Å². The number of furan rings is 1. The molecule has 0 spiro atoms. The molecule has 0 fully saturated rings. The SMILES string of the molecule is c1ccc(-n2c3ccccc3c3c(N(c4ccc5c(ccc6sc7ccccc7c65)c4)c4ccc5oc6ccccc6c5c4)cccc32)cc1. The molecule has 0 aliphatic rings. The minimum absolute atomic E-state index is 0.888. The fourth-order valence-electron chi connectivity index (χ4n) is 8.00. The van der Waals surface area contributed by atoms with Crippen molar-refractivity contribution in [3.63, 3.8) is 0 Å². The molecule has 0 unspecified atom stereocenters. The molecule has 0 saturated heterocycles. The smallest absolute Gasteiger partial charge is 0.135 e. The Labute approximate surface area is 291 Å². The summed E-state index contributed by atoms with van der Waals surface area (Å²) in [4.78, 5) is 2.43. The van der Waals surface area contributed by atoms with Gasteiger partial charge in [-0.1, -0.05) is 91.0 Å². The summed E-state index contributed by atoms with van der Waals surface area (Å²) in [6.45, 7) is 0. The standard InChI is InChI=1S/C46H28N2OS/c1-2-11-30(12-3-1)48-38-16-7-4-14-35(38)46-39(17-10-18-40(46)48)47(32-23-25-42-37(28-32)34-13-5-8-19-41(34)49-42)31-22-24-33-29(27-31)21-26-44-45(33)36-15-6-9-20-43(36)50-44/h1-28H. The largest absolute Gasteiger partial charge is 0.456 e. The number of hydrogen-bond acceptors (Lipinski definition) is 3. The summed E-state index contributed by atoms with van der Waals surface area (Å²) in [5.74, 6) is 0. The van der Waals surface area contributed by atoms with Crippen LogP contribution in [0.1, 0.15) is 0 Å². The van der Waals surface area contributed by atoms with Gasteiger partial charge in [0.05, 0.1) is 16.7 Å². The first-order valence-electron chi connectivity index (χ1n) is 16.9. The Morgan fingerprint density at radius 2 is 1.16 bits per heavy atom. The maximum Gasteiger partial charge on any atom is 0.135 e. The van der Waals surface area contributed by atoms with Gasteiger partial charge in [-0.25, -0.2) is 0 Å². The van der Waals surface area contributed by atoms with E-state index in [0.29, 0.717) is 0 Å². The van der Waals surface area contributed by atoms with Gasteiger partial charge in [-0.05, 0) is 89.6 Å². The first-order chi connectivity index (χ1) is 24.8. The van der Waals surface area contributed by atoms with E-state index < -0.39 is 0 Å². The number of para-hydroxylation sites is 3. The van der Waals surface area contributed by atoms with Crippen molar-refractivity contribution in [2.75, 3.05) is 4.90 Å². The third-order valence-electron chi connectivity index (χ3n) is 10.1. The van der Waals surface area contributed by atoms with Crippen molar-refractivity contribution < 1.29 is 4.42 Å². The number of thiophene rings is 1. The molecule has 234 valence electrons. The minimum Gasteiger partial charge on any atom is -0.456 e. The Hall–Kier alpha value is -6.36. The summed E-state index contributed by atoms with van der Waals surface area (Å²) >= 11 is 1.86. The highest BCUT2D eigenvalue weighted by Gasteiger charge is 2.22. The normalized spacial score (nSPS) is 12.0. The molecular weight excluding hydrogens is 629 g/mol. The van der Waals surface area contributed by atoms with Crippen LogP contribution >= 0.6 is 11.3 Å². The van der Waals surface area contributed by atoms with Gasteiger partial charge in [0.25, 0.3) is 0 Å². The van der Waals surface area contributed by atoms with Crippen LogP contribution in [0.2, 0.25) is 0 Å². The molecule has 8 aromatic carbocycles. The lowest BCUT2D eigenvalue weighted by atomic mass is 10.0. The third kappa shape index (κ3) is 3.97. The molecule has 0 bridgehead atoms. The van der Waals surface area contributed by atoms with E-state index in [2.05, 4.69) is 167 Å². The number of fused-ring (bicyclic) bond motifs is 11. The lowest BCUT2D eigenvalue weighted by molar-refractivity contribution is 0.669. The molecule has 3 nitrogen and oxygen atoms in total. The third-order valence-corrected chi connectivity index (χ3v) is 11.3. The Morgan fingerprint density at radius 1 is 0.440 bits per heavy atom. The Bertz CT molecular complexity index is 3110. The Balaban J connectivity index is 1.22. The molecule has 11 rings (SSSR count). The molecule has 0 aliphatic carbocycles. The van der Waals surface area contributed by atoms with Gasteiger partial charge in [0.2, 0.25) is 0 Å². The van der Waals surface area contributed by atoms with Crippen molar-refractivity contribution in [2.45, 2.75) is 0 Å². The lowest BCUT2D eigenvalue weighted by Crippen LogP contribution is -2.10. The molecule has 0 amide bonds. The summed E-state index contributed by atoms with van der Waals surface area (Å²) in [6.07, 6.45) is 0. The zero-order chi connectivity index (χ0) is 32.8. The lowest BCUT2D eigenvalue weighted by Gasteiger charge is -2.27. The number of anilines is 3. The van der Waals surface area contributed by atoms with Gasteiger partial charge in [0.1, 0.15) is 11.2 Å². The average Bonchev–Trinajstić information content (AvgIpc) is 3.85. The molecule has 0 N–H and O–H groups in total. The summed E-state index contributed by atoms with van der Waals surface area (Å²) in [5, 5.41) is 9.80. The number of nitrogens with zero attached hydrogens (tertiary/aromatic N) is 2. The van der Waals surface area contributed by atoms with E-state index in [0.717, 1.165) is 44.7 Å². The van der Waals surface area contributed by atoms with Gasteiger partial charge in [-0.3, -0.25) is 0 Å². The van der Waals surface area contributed by atoms with E-state index in [1.165, 1.54) is 52.8 Å². The van der Waals surface area contributed by atoms with Gasteiger partial charge in [-0.2, -0.15) is 0 Å². The summed E-state index contributed by atoms with van der Waals surface area (Å²) < 4.78 is 11.3. The van der Waals surface area contributed by atoms with E-state index >= 15 is 0 Å². The van der Waals surface area contributed by atoms with Crippen LogP contribution in [-0.4, -0.2) is 4.57 Å². The van der Waals surface area contributed by atoms with Gasteiger partial charge in [-0.15, -0.1) is 11.3 Å². The second-order valence-electron chi connectivity index (χ2n) is 12.9. The Morgan fingerprint density at radius 3 is 2.08 bits per heavy atom. The average molecular weight is 657 g/mol. The zero-order valence-electron chi connectivity index (χ0n) is 26.9. The predicted molar refractivity (Wildman–Crippen MR) is 213 cm³/mol. The quantitative estimate of drug-likeness (QED) is 0.188. The summed E-state index contributed by atoms with van der Waals surface area (Å²) in [6, 6.07) is 61.3. The van der Waals surface area contributed by atoms with Crippen molar-refractivity contribution in [3.8, 4) is 5.69 Å². The number of rotatable bonds is 4. The topological polar surface area (TPSA) is 21.3 Å². The molecule has 50 heavy (non-hydrogen) atoms. The van der Waals surface area contributed by atoms with Gasteiger partial charge in [0, 0.05) is 58.8 Å². The van der Waals surface area contributed by atoms with Crippen LogP contribution in [0.15, 0.2) is 174 Å². The number of hydrogen-bond donors (Lipinski definition) is 0. The fourth-order valence-corrected chi connectivity index (χ4v) is 9.12. The molecule has 0 radical (unpaired) electrons. The maximum absolute atomic E-state index is 6.28. The highest BCUT2D eigenvalue weighted by Crippen LogP contribution is 2.46. The van der Waals surface area contributed by atoms with E-state index in [9.17, 15) is 0 Å². The van der Waals surface area contributed by atoms with Gasteiger partial charge < -0.3 is 13.9 Å². The highest BCUT2D eigenvalue weighted by atomic mass is 32.1. The van der Waals surface area contributed by atoms with Crippen LogP contribution < -0.4 is 4.90 Å². The number of aromatic nitrogens is 1. The molecule has 3 heterocycles. The molecule has 4 heteroatoms. The zero-order valence-corrected chi connectivity index (χ0v) is 27.7. The van der Waals surface area contributed by atoms with Crippen LogP contribution in [-0.2, 0) is 0 Å². The van der Waals surface area contributed by atoms with E-state index in [-0.39, 0.29) is 0 Å². The first-order valence-corrected chi connectivity index (χ1v) is 17.7. The summed E-state index contributed by atoms with van der Waals surface area (Å²) in [7, 11) is 0. The molecule has 0 saturated carbocycles. The molecule has 11 aromatic rings. The second-order valence-corrected chi connectivity index (χ2v) is 14.0. The van der Waals surface area contributed by atoms with Crippen molar-refractivity contribution in [3.05, 3.63) is 170 Å². The second kappa shape index (κ2) is 10.6. The maximum atomic E-state index is 6.28. The van der Waals surface area contributed by atoms with Crippen LogP contribution in [0.5, 0.6) is 0 Å². The van der Waals surface area contributed by atoms with Crippen LogP contribution in [0, 0.1) is 0 Å². The highest BCUT2D eigenvalue weighted by molar-refractivity contribution is 7.26. The van der Waals surface area contributed by atoms with Gasteiger partial charge in [0.15, 0.2) is 0 Å². The molecule has 0 atom stereocenters. The van der Waals surface area contributed by atoms with Crippen molar-refractivity contribution in [1.82, 2.24) is 4.57 Å². The minimum atomic E-state index is 0.888. The molecular formula is C46H28N2OS. The summed E-state index contributed by atoms with van der Waals surface area (Å²) in [5.41, 5.74) is 8.59. The molecule has 3 aromatic heterocycles. The fraction of sp³-hybridized carbons (Fsp3) is 0. The Kier molecular flexibility index (Phi) is 5.83. The van der Waals surface area contributed by atoms with Crippen molar-refractivity contribution in [2.24, 2.45) is 0 Å². The monoisotopic (exact) mass is 656 g/mol. The predicted octanol–water partition coefficient (Wildman–Crippen LogP) is 13.7. The van der Waals surface area contributed by atoms with Crippen molar-refractivity contribution in [1.29, 1.82) is 0 Å². The van der Waals surface area contributed by atoms with E-state index in [4.69, 9.17) is 4.42 Å². The van der Waals surface area contributed by atoms with Crippen LogP contribution in [0.3, 0.4) is 0 Å². The van der Waals surface area contributed by atoms with Crippen LogP contribution in [0.4, 0.5) is 17.1 Å².